The molecule has 0 aliphatic rings. The summed E-state index contributed by atoms with van der Waals surface area (Å²) >= 11 is 0. The second-order valence-electron chi connectivity index (χ2n) is 8.26. The van der Waals surface area contributed by atoms with Gasteiger partial charge < -0.3 is 14.5 Å². The molecule has 0 aliphatic heterocycles. The van der Waals surface area contributed by atoms with Gasteiger partial charge >= 0.3 is 7.12 Å². The first-order valence-electron chi connectivity index (χ1n) is 9.54. The van der Waals surface area contributed by atoms with Crippen molar-refractivity contribution in [2.45, 2.75) is 31.4 Å². The van der Waals surface area contributed by atoms with Crippen LogP contribution < -0.4 is 5.46 Å². The molecule has 0 saturated carbocycles. The summed E-state index contributed by atoms with van der Waals surface area (Å²) in [5.74, 6) is 0. The first kappa shape index (κ1) is 20.6. The Morgan fingerprint density at radius 3 is 1.50 bits per heavy atom. The van der Waals surface area contributed by atoms with Crippen LogP contribution in [-0.2, 0) is 10.0 Å². The summed E-state index contributed by atoms with van der Waals surface area (Å²) in [4.78, 5) is 0. The van der Waals surface area contributed by atoms with E-state index in [1.165, 1.54) is 0 Å². The minimum atomic E-state index is -1.48. The monoisotopic (exact) mass is 390 g/mol. The fraction of sp³-hybridized carbons (Fsp3) is 0.217. The van der Waals surface area contributed by atoms with Crippen molar-refractivity contribution in [1.29, 1.82) is 0 Å². The molecule has 0 spiro atoms. The van der Waals surface area contributed by atoms with Crippen molar-refractivity contribution in [3.05, 3.63) is 102 Å². The Morgan fingerprint density at radius 1 is 0.679 bits per heavy atom. The van der Waals surface area contributed by atoms with Crippen LogP contribution in [0, 0.1) is 0 Å². The Kier molecular flexibility index (Phi) is 6.20. The predicted molar refractivity (Wildman–Crippen MR) is 118 cm³/mol. The van der Waals surface area contributed by atoms with Crippen molar-refractivity contribution in [3.8, 4) is 0 Å². The summed E-state index contributed by atoms with van der Waals surface area (Å²) in [6.07, 6.45) is 0. The van der Waals surface area contributed by atoms with Gasteiger partial charge in [-0.15, -0.1) is 0 Å². The quantitative estimate of drug-likeness (QED) is 0.503. The number of rotatable bonds is 6. The van der Waals surface area contributed by atoms with Gasteiger partial charge in [-0.1, -0.05) is 106 Å². The van der Waals surface area contributed by atoms with Gasteiger partial charge in [0.2, 0.25) is 0 Å². The molecule has 3 nitrogen and oxygen atoms in total. The zero-order chi connectivity index (χ0) is 20.2. The van der Waals surface area contributed by atoms with E-state index in [9.17, 15) is 10.0 Å². The normalized spacial score (nSPS) is 12.5. The molecule has 0 unspecified atom stereocenters. The minimum Gasteiger partial charge on any atom is -0.423 e. The van der Waals surface area contributed by atoms with Gasteiger partial charge in [-0.05, 0) is 27.2 Å². The van der Waals surface area contributed by atoms with E-state index in [-0.39, 0.29) is 5.04 Å². The maximum atomic E-state index is 9.49. The third kappa shape index (κ3) is 4.45. The van der Waals surface area contributed by atoms with Crippen LogP contribution in [0.3, 0.4) is 0 Å². The topological polar surface area (TPSA) is 49.7 Å². The van der Waals surface area contributed by atoms with E-state index >= 15 is 0 Å². The van der Waals surface area contributed by atoms with E-state index in [0.29, 0.717) is 5.46 Å². The number of benzene rings is 3. The average molecular weight is 390 g/mol. The average Bonchev–Trinajstić information content (AvgIpc) is 2.70. The molecule has 3 aromatic rings. The summed E-state index contributed by atoms with van der Waals surface area (Å²) in [6, 6.07) is 27.9. The van der Waals surface area contributed by atoms with Gasteiger partial charge in [0, 0.05) is 0 Å². The van der Waals surface area contributed by atoms with Crippen molar-refractivity contribution in [3.63, 3.8) is 0 Å². The molecule has 0 fully saturated rings. The molecule has 0 atom stereocenters. The summed E-state index contributed by atoms with van der Waals surface area (Å²) in [7, 11) is -2.39. The fourth-order valence-corrected chi connectivity index (χ4v) is 4.46. The van der Waals surface area contributed by atoms with Crippen molar-refractivity contribution in [1.82, 2.24) is 0 Å². The van der Waals surface area contributed by atoms with Crippen LogP contribution in [0.25, 0.3) is 0 Å². The third-order valence-electron chi connectivity index (χ3n) is 4.70. The summed E-state index contributed by atoms with van der Waals surface area (Å²) in [5, 5.41) is 19.1. The molecule has 5 heteroatoms. The Morgan fingerprint density at radius 2 is 1.11 bits per heavy atom. The van der Waals surface area contributed by atoms with Crippen LogP contribution in [-0.4, -0.2) is 26.9 Å². The molecule has 3 aromatic carbocycles. The zero-order valence-corrected chi connectivity index (χ0v) is 18.1. The zero-order valence-electron chi connectivity index (χ0n) is 16.7. The Bertz CT molecular complexity index is 836. The first-order chi connectivity index (χ1) is 13.3. The number of hydrogen-bond acceptors (Lipinski definition) is 3. The highest BCUT2D eigenvalue weighted by molar-refractivity contribution is 6.58. The van der Waals surface area contributed by atoms with E-state index in [1.54, 1.807) is 12.1 Å². The maximum absolute atomic E-state index is 9.49. The van der Waals surface area contributed by atoms with Crippen molar-refractivity contribution in [2.75, 3.05) is 0 Å². The summed E-state index contributed by atoms with van der Waals surface area (Å²) in [5.41, 5.74) is 2.84. The summed E-state index contributed by atoms with van der Waals surface area (Å²) < 4.78 is 6.87. The van der Waals surface area contributed by atoms with E-state index in [4.69, 9.17) is 4.43 Å². The molecule has 3 rings (SSSR count). The molecule has 144 valence electrons. The van der Waals surface area contributed by atoms with E-state index in [0.717, 1.165) is 16.7 Å². The second-order valence-corrected chi connectivity index (χ2v) is 11.0. The largest absolute Gasteiger partial charge is 0.488 e. The molecular formula is C23H27BO3Si. The molecule has 0 heterocycles. The van der Waals surface area contributed by atoms with Crippen LogP contribution in [0.5, 0.6) is 0 Å². The van der Waals surface area contributed by atoms with Crippen LogP contribution in [0.15, 0.2) is 84.9 Å². The van der Waals surface area contributed by atoms with Gasteiger partial charge in [-0.25, -0.2) is 0 Å². The van der Waals surface area contributed by atoms with Crippen molar-refractivity contribution in [2.24, 2.45) is 0 Å². The van der Waals surface area contributed by atoms with Gasteiger partial charge in [-0.3, -0.25) is 0 Å². The highest BCUT2D eigenvalue weighted by Crippen LogP contribution is 2.41. The van der Waals surface area contributed by atoms with Gasteiger partial charge in [0.05, 0.1) is 0 Å². The Hall–Kier alpha value is -2.18. The minimum absolute atomic E-state index is 0.121. The number of hydrogen-bond donors (Lipinski definition) is 2. The molecule has 0 amide bonds. The molecular weight excluding hydrogens is 363 g/mol. The lowest BCUT2D eigenvalue weighted by Crippen LogP contribution is -2.37. The summed E-state index contributed by atoms with van der Waals surface area (Å²) in [6.45, 7) is 6.64. The molecule has 0 bridgehead atoms. The van der Waals surface area contributed by atoms with E-state index in [2.05, 4.69) is 45.0 Å². The van der Waals surface area contributed by atoms with E-state index in [1.807, 2.05) is 48.5 Å². The lowest BCUT2D eigenvalue weighted by Gasteiger charge is -2.38. The lowest BCUT2D eigenvalue weighted by molar-refractivity contribution is 0.157. The molecule has 0 aromatic heterocycles. The van der Waals surface area contributed by atoms with Crippen LogP contribution in [0.2, 0.25) is 5.04 Å². The van der Waals surface area contributed by atoms with E-state index < -0.39 is 22.5 Å². The van der Waals surface area contributed by atoms with Crippen LogP contribution in [0.4, 0.5) is 0 Å². The Labute approximate surface area is 170 Å². The van der Waals surface area contributed by atoms with Gasteiger partial charge in [0.15, 0.2) is 9.76 Å². The molecule has 2 N–H and O–H groups in total. The van der Waals surface area contributed by atoms with Crippen LogP contribution in [0.1, 0.15) is 37.5 Å². The van der Waals surface area contributed by atoms with Gasteiger partial charge in [0.1, 0.15) is 5.60 Å². The molecule has 0 radical (unpaired) electrons. The molecule has 0 saturated heterocycles. The first-order valence-corrected chi connectivity index (χ1v) is 10.8. The smallest absolute Gasteiger partial charge is 0.423 e. The maximum Gasteiger partial charge on any atom is 0.488 e. The van der Waals surface area contributed by atoms with Crippen LogP contribution >= 0.6 is 0 Å². The fourth-order valence-electron chi connectivity index (χ4n) is 3.31. The van der Waals surface area contributed by atoms with Crippen molar-refractivity contribution >= 4 is 22.3 Å². The molecule has 28 heavy (non-hydrogen) atoms. The predicted octanol–water partition coefficient (Wildman–Crippen LogP) is 2.98. The lowest BCUT2D eigenvalue weighted by atomic mass is 9.76. The Balaban J connectivity index is 2.23. The second kappa shape index (κ2) is 8.45. The molecule has 0 aliphatic carbocycles. The van der Waals surface area contributed by atoms with Crippen molar-refractivity contribution < 1.29 is 14.5 Å². The third-order valence-corrected chi connectivity index (χ3v) is 6.14. The highest BCUT2D eigenvalue weighted by Gasteiger charge is 2.38. The van der Waals surface area contributed by atoms with Gasteiger partial charge in [0.25, 0.3) is 0 Å². The standard InChI is InChI=1S/C23H27BO3Si/c1-22(2,3)28-27-23(18-10-6-4-7-11-18,19-12-8-5-9-13-19)20-14-16-21(17-15-20)24(25)26/h4-17,25-26H,28H2,1-3H3. The highest BCUT2D eigenvalue weighted by atomic mass is 28.2. The SMILES string of the molecule is CC(C)(C)[SiH2]OC(c1ccccc1)(c1ccccc1)c1ccc(B(O)O)cc1. The van der Waals surface area contributed by atoms with Gasteiger partial charge in [-0.2, -0.15) is 0 Å².